The Hall–Kier alpha value is -2.69. The smallest absolute Gasteiger partial charge is 0.262 e. The number of imide groups is 1. The topological polar surface area (TPSA) is 61.5 Å². The second-order valence-corrected chi connectivity index (χ2v) is 6.79. The van der Waals surface area contributed by atoms with Gasteiger partial charge in [0.15, 0.2) is 0 Å². The van der Waals surface area contributed by atoms with Crippen LogP contribution in [0, 0.1) is 0 Å². The van der Waals surface area contributed by atoms with E-state index >= 15 is 0 Å². The van der Waals surface area contributed by atoms with Gasteiger partial charge in [0.2, 0.25) is 11.9 Å². The summed E-state index contributed by atoms with van der Waals surface area (Å²) in [5.74, 6) is -0.514. The van der Waals surface area contributed by atoms with Gasteiger partial charge in [-0.15, -0.1) is 0 Å². The van der Waals surface area contributed by atoms with Gasteiger partial charge in [0.1, 0.15) is 0 Å². The molecule has 0 saturated heterocycles. The minimum Gasteiger partial charge on any atom is -0.285 e. The van der Waals surface area contributed by atoms with Gasteiger partial charge in [0.05, 0.1) is 22.6 Å². The van der Waals surface area contributed by atoms with Crippen LogP contribution in [0.3, 0.4) is 0 Å². The zero-order valence-electron chi connectivity index (χ0n) is 13.0. The van der Waals surface area contributed by atoms with E-state index in [1.807, 2.05) is 19.9 Å². The first kappa shape index (κ1) is 13.9. The van der Waals surface area contributed by atoms with E-state index in [1.165, 1.54) is 4.90 Å². The van der Waals surface area contributed by atoms with Gasteiger partial charge in [-0.2, -0.15) is 0 Å². The summed E-state index contributed by atoms with van der Waals surface area (Å²) < 4.78 is 1.10. The molecule has 4 rings (SSSR count). The molecule has 0 spiro atoms. The van der Waals surface area contributed by atoms with Gasteiger partial charge in [0.25, 0.3) is 11.8 Å². The molecule has 1 atom stereocenters. The minimum absolute atomic E-state index is 0.257. The summed E-state index contributed by atoms with van der Waals surface area (Å²) in [5.41, 5.74) is 2.16. The third kappa shape index (κ3) is 1.76. The number of pyridine rings is 1. The summed E-state index contributed by atoms with van der Waals surface area (Å²) in [6.07, 6.45) is 2.17. The van der Waals surface area contributed by atoms with E-state index in [1.54, 1.807) is 36.5 Å². The number of amides is 2. The van der Waals surface area contributed by atoms with E-state index in [0.717, 1.165) is 16.0 Å². The van der Waals surface area contributed by atoms with Crippen LogP contribution >= 0.6 is 0 Å². The maximum atomic E-state index is 12.7. The van der Waals surface area contributed by atoms with Crippen molar-refractivity contribution in [3.63, 3.8) is 0 Å². The molecule has 0 saturated carbocycles. The van der Waals surface area contributed by atoms with Gasteiger partial charge < -0.3 is 0 Å². The number of fused-ring (bicyclic) bond motifs is 2. The van der Waals surface area contributed by atoms with Gasteiger partial charge in [0, 0.05) is 16.4 Å². The van der Waals surface area contributed by atoms with Crippen molar-refractivity contribution in [2.24, 2.45) is 0 Å². The molecule has 0 fully saturated rings. The van der Waals surface area contributed by atoms with Gasteiger partial charge in [-0.3, -0.25) is 19.7 Å². The van der Waals surface area contributed by atoms with Crippen molar-refractivity contribution < 1.29 is 19.5 Å². The van der Waals surface area contributed by atoms with Crippen molar-refractivity contribution in [2.75, 3.05) is 0 Å². The van der Waals surface area contributed by atoms with Crippen LogP contribution in [0.5, 0.6) is 0 Å². The molecule has 1 aromatic carbocycles. The molecule has 1 aromatic heterocycles. The molecule has 0 bridgehead atoms. The average molecular weight is 309 g/mol. The van der Waals surface area contributed by atoms with Crippen LogP contribution in [0.2, 0.25) is 0 Å². The van der Waals surface area contributed by atoms with Crippen LogP contribution in [0.25, 0.3) is 0 Å². The van der Waals surface area contributed by atoms with Crippen molar-refractivity contribution in [2.45, 2.75) is 31.7 Å². The fourth-order valence-corrected chi connectivity index (χ4v) is 3.90. The molecule has 0 radical (unpaired) electrons. The lowest BCUT2D eigenvalue weighted by Crippen LogP contribution is -2.40. The Morgan fingerprint density at radius 2 is 1.70 bits per heavy atom. The molecule has 2 heterocycles. The summed E-state index contributed by atoms with van der Waals surface area (Å²) >= 11 is 0. The maximum absolute atomic E-state index is 12.7. The highest BCUT2D eigenvalue weighted by atomic mass is 16.5. The van der Waals surface area contributed by atoms with Crippen molar-refractivity contribution in [3.05, 3.63) is 65.0 Å². The summed E-state index contributed by atoms with van der Waals surface area (Å²) in [5, 5.41) is 10.2. The number of carbonyl (C=O) groups excluding carboxylic acids is 2. The number of aromatic nitrogens is 1. The fourth-order valence-electron chi connectivity index (χ4n) is 3.90. The summed E-state index contributed by atoms with van der Waals surface area (Å²) in [4.78, 5) is 26.8. The normalized spacial score (nSPS) is 21.5. The first-order valence-corrected chi connectivity index (χ1v) is 7.63. The van der Waals surface area contributed by atoms with E-state index in [4.69, 9.17) is 0 Å². The molecule has 1 aliphatic heterocycles. The van der Waals surface area contributed by atoms with Crippen molar-refractivity contribution >= 4 is 11.8 Å². The first-order valence-electron chi connectivity index (χ1n) is 7.63. The molecule has 23 heavy (non-hydrogen) atoms. The molecule has 116 valence electrons. The van der Waals surface area contributed by atoms with Crippen LogP contribution in [-0.2, 0) is 5.41 Å². The molecular formula is C18H17N2O3+. The Morgan fingerprint density at radius 1 is 1.09 bits per heavy atom. The zero-order valence-corrected chi connectivity index (χ0v) is 13.0. The van der Waals surface area contributed by atoms with Crippen LogP contribution < -0.4 is 4.73 Å². The Kier molecular flexibility index (Phi) is 2.67. The molecular weight excluding hydrogens is 292 g/mol. The summed E-state index contributed by atoms with van der Waals surface area (Å²) in [7, 11) is 0. The fraction of sp³-hybridized carbons (Fsp3) is 0.278. The number of hydrogen-bond donors (Lipinski definition) is 1. The minimum atomic E-state index is -0.355. The Balaban J connectivity index is 1.85. The lowest BCUT2D eigenvalue weighted by molar-refractivity contribution is -0.911. The lowest BCUT2D eigenvalue weighted by Gasteiger charge is -2.23. The van der Waals surface area contributed by atoms with E-state index in [0.29, 0.717) is 17.5 Å². The van der Waals surface area contributed by atoms with Crippen LogP contribution in [0.1, 0.15) is 58.3 Å². The SMILES string of the molecule is CC1(C)CC(N2C(=O)c3ccccc3C2=O)c2ccc[n+](O)c21. The molecule has 2 aliphatic rings. The molecule has 1 N–H and O–H groups in total. The van der Waals surface area contributed by atoms with Crippen molar-refractivity contribution in [1.82, 2.24) is 4.90 Å². The van der Waals surface area contributed by atoms with Gasteiger partial charge in [-0.1, -0.05) is 12.1 Å². The van der Waals surface area contributed by atoms with E-state index in [9.17, 15) is 14.8 Å². The van der Waals surface area contributed by atoms with Crippen LogP contribution in [0.15, 0.2) is 42.6 Å². The molecule has 5 heteroatoms. The second kappa shape index (κ2) is 4.41. The number of rotatable bonds is 1. The average Bonchev–Trinajstić information content (AvgIpc) is 2.93. The Labute approximate surface area is 133 Å². The largest absolute Gasteiger partial charge is 0.285 e. The van der Waals surface area contributed by atoms with Crippen molar-refractivity contribution in [3.8, 4) is 0 Å². The molecule has 2 amide bonds. The Bertz CT molecular complexity index is 822. The van der Waals surface area contributed by atoms with Crippen molar-refractivity contribution in [1.29, 1.82) is 0 Å². The molecule has 5 nitrogen and oxygen atoms in total. The standard InChI is InChI=1S/C18H17N2O3/c1-18(2)10-14(13-8-5-9-19(23)15(13)18)20-16(21)11-6-3-4-7-12(11)17(20)22/h3-9,14,23H,10H2,1-2H3/q+1. The number of hydrogen-bond acceptors (Lipinski definition) is 3. The van der Waals surface area contributed by atoms with Crippen LogP contribution in [0.4, 0.5) is 0 Å². The number of benzene rings is 1. The summed E-state index contributed by atoms with van der Waals surface area (Å²) in [6.45, 7) is 4.02. The summed E-state index contributed by atoms with van der Waals surface area (Å²) in [6, 6.07) is 10.2. The number of carbonyl (C=O) groups is 2. The Morgan fingerprint density at radius 3 is 2.30 bits per heavy atom. The predicted molar refractivity (Wildman–Crippen MR) is 81.1 cm³/mol. The zero-order chi connectivity index (χ0) is 16.4. The second-order valence-electron chi connectivity index (χ2n) is 6.79. The highest BCUT2D eigenvalue weighted by Gasteiger charge is 2.51. The highest BCUT2D eigenvalue weighted by Crippen LogP contribution is 2.47. The quantitative estimate of drug-likeness (QED) is 0.499. The molecule has 1 aliphatic carbocycles. The number of nitrogens with zero attached hydrogens (tertiary/aromatic N) is 2. The monoisotopic (exact) mass is 309 g/mol. The van der Waals surface area contributed by atoms with Gasteiger partial charge in [-0.05, 0) is 38.5 Å². The first-order chi connectivity index (χ1) is 10.9. The third-order valence-corrected chi connectivity index (χ3v) is 4.85. The maximum Gasteiger partial charge on any atom is 0.262 e. The predicted octanol–water partition coefficient (Wildman–Crippen LogP) is 2.23. The highest BCUT2D eigenvalue weighted by molar-refractivity contribution is 6.21. The van der Waals surface area contributed by atoms with E-state index in [-0.39, 0.29) is 23.3 Å². The van der Waals surface area contributed by atoms with Gasteiger partial charge in [-0.25, -0.2) is 0 Å². The lowest BCUT2D eigenvalue weighted by atomic mass is 9.90. The molecule has 1 unspecified atom stereocenters. The van der Waals surface area contributed by atoms with E-state index < -0.39 is 0 Å². The third-order valence-electron chi connectivity index (χ3n) is 4.85. The van der Waals surface area contributed by atoms with Gasteiger partial charge >= 0.3 is 0 Å². The molecule has 2 aromatic rings. The van der Waals surface area contributed by atoms with Crippen LogP contribution in [-0.4, -0.2) is 21.9 Å². The van der Waals surface area contributed by atoms with E-state index in [2.05, 4.69) is 0 Å².